The molecule has 0 aromatic heterocycles. The molecule has 0 spiro atoms. The lowest BCUT2D eigenvalue weighted by Crippen LogP contribution is -2.57. The number of benzene rings is 1. The molecule has 1 fully saturated rings. The molecule has 232 valence electrons. The average molecular weight is 589 g/mol. The summed E-state index contributed by atoms with van der Waals surface area (Å²) in [6.07, 6.45) is 1.09. The van der Waals surface area contributed by atoms with E-state index >= 15 is 0 Å². The molecule has 3 heterocycles. The molecule has 6 atom stereocenters. The maximum Gasteiger partial charge on any atom is 0.243 e. The van der Waals surface area contributed by atoms with E-state index in [4.69, 9.17) is 16.2 Å². The van der Waals surface area contributed by atoms with Crippen molar-refractivity contribution < 1.29 is 33.8 Å². The minimum atomic E-state index is -1.21. The highest BCUT2D eigenvalue weighted by Gasteiger charge is 2.37. The third-order valence-corrected chi connectivity index (χ3v) is 7.95. The van der Waals surface area contributed by atoms with Gasteiger partial charge in [-0.25, -0.2) is 0 Å². The van der Waals surface area contributed by atoms with Crippen LogP contribution in [0.1, 0.15) is 57.9 Å². The molecule has 13 heteroatoms. The number of nitrogens with zero attached hydrogens (tertiary/aromatic N) is 1. The Morgan fingerprint density at radius 2 is 1.86 bits per heavy atom. The number of β-amino-alcohol motifs (C(OH)–C–C–N with tert-alkyl or cyclic N) is 1. The van der Waals surface area contributed by atoms with Crippen LogP contribution in [0.15, 0.2) is 24.3 Å². The van der Waals surface area contributed by atoms with E-state index in [9.17, 15) is 29.1 Å². The number of aliphatic hydroxyl groups excluding tert-OH is 1. The van der Waals surface area contributed by atoms with Crippen LogP contribution < -0.4 is 32.2 Å². The zero-order valence-electron chi connectivity index (χ0n) is 24.3. The summed E-state index contributed by atoms with van der Waals surface area (Å²) < 4.78 is 5.70. The Kier molecular flexibility index (Phi) is 12.1. The first-order chi connectivity index (χ1) is 20.0. The van der Waals surface area contributed by atoms with Gasteiger partial charge in [-0.3, -0.25) is 28.9 Å². The van der Waals surface area contributed by atoms with Crippen LogP contribution in [0, 0.1) is 5.92 Å². The van der Waals surface area contributed by atoms with Gasteiger partial charge in [0.15, 0.2) is 0 Å². The standard InChI is InChI=1S/C29H44N6O7/c1-3-17(2)26(27(31)39)34-29(41)22-6-4-12-35(22)16-23(36)20-14-18-8-10-19(11-9-18)42-13-5-7-25(38)32-21(15-24(30)37)28(40)33-20/h8-11,17,20-23,26,36H,3-7,12-16H2,1-2H3,(H2,30,37)(H2,31,39)(H,32,38)(H,33,40)(H,34,41)/t17-,20-,21-,22-,23+,26-/m0/s1. The number of aliphatic hydroxyl groups is 1. The first-order valence-corrected chi connectivity index (χ1v) is 14.6. The molecule has 0 aliphatic carbocycles. The molecule has 2 bridgehead atoms. The molecule has 0 saturated carbocycles. The van der Waals surface area contributed by atoms with Crippen molar-refractivity contribution >= 4 is 29.5 Å². The third kappa shape index (κ3) is 9.41. The lowest BCUT2D eigenvalue weighted by Gasteiger charge is -2.32. The Balaban J connectivity index is 1.80. The van der Waals surface area contributed by atoms with Crippen LogP contribution >= 0.6 is 0 Å². The molecule has 3 aliphatic heterocycles. The van der Waals surface area contributed by atoms with Crippen molar-refractivity contribution in [2.75, 3.05) is 19.7 Å². The molecule has 1 aromatic carbocycles. The summed E-state index contributed by atoms with van der Waals surface area (Å²) in [6, 6.07) is 3.79. The summed E-state index contributed by atoms with van der Waals surface area (Å²) >= 11 is 0. The van der Waals surface area contributed by atoms with Crippen LogP contribution in [0.2, 0.25) is 0 Å². The number of carbonyl (C=O) groups is 5. The van der Waals surface area contributed by atoms with Crippen LogP contribution in [0.5, 0.6) is 5.75 Å². The molecule has 13 nitrogen and oxygen atoms in total. The van der Waals surface area contributed by atoms with E-state index in [2.05, 4.69) is 16.0 Å². The van der Waals surface area contributed by atoms with Gasteiger partial charge in [-0.1, -0.05) is 32.4 Å². The number of hydrogen-bond acceptors (Lipinski definition) is 8. The minimum absolute atomic E-state index is 0.0572. The van der Waals surface area contributed by atoms with E-state index < -0.39 is 60.3 Å². The number of fused-ring (bicyclic) bond motifs is 12. The highest BCUT2D eigenvalue weighted by atomic mass is 16.5. The summed E-state index contributed by atoms with van der Waals surface area (Å²) in [5, 5.41) is 19.6. The third-order valence-electron chi connectivity index (χ3n) is 7.95. The molecule has 5 amide bonds. The van der Waals surface area contributed by atoms with Gasteiger partial charge in [0.2, 0.25) is 29.5 Å². The highest BCUT2D eigenvalue weighted by Crippen LogP contribution is 2.21. The van der Waals surface area contributed by atoms with Gasteiger partial charge in [0, 0.05) is 13.0 Å². The van der Waals surface area contributed by atoms with Crippen LogP contribution in [0.25, 0.3) is 0 Å². The van der Waals surface area contributed by atoms with Crippen molar-refractivity contribution in [2.24, 2.45) is 17.4 Å². The Morgan fingerprint density at radius 3 is 2.50 bits per heavy atom. The molecule has 1 aromatic rings. The van der Waals surface area contributed by atoms with Crippen LogP contribution in [-0.2, 0) is 30.4 Å². The second-order valence-corrected chi connectivity index (χ2v) is 11.2. The second kappa shape index (κ2) is 15.5. The number of carbonyl (C=O) groups excluding carboxylic acids is 5. The van der Waals surface area contributed by atoms with E-state index in [0.29, 0.717) is 44.6 Å². The first kappa shape index (κ1) is 32.8. The van der Waals surface area contributed by atoms with E-state index in [1.807, 2.05) is 30.9 Å². The molecule has 8 N–H and O–H groups in total. The van der Waals surface area contributed by atoms with E-state index in [-0.39, 0.29) is 31.2 Å². The monoisotopic (exact) mass is 588 g/mol. The fourth-order valence-corrected chi connectivity index (χ4v) is 5.33. The lowest BCUT2D eigenvalue weighted by atomic mass is 9.98. The van der Waals surface area contributed by atoms with Crippen molar-refractivity contribution in [3.8, 4) is 5.75 Å². The number of primary amides is 2. The van der Waals surface area contributed by atoms with Crippen LogP contribution in [0.3, 0.4) is 0 Å². The smallest absolute Gasteiger partial charge is 0.243 e. The normalized spacial score (nSPS) is 24.2. The van der Waals surface area contributed by atoms with Gasteiger partial charge in [0.25, 0.3) is 0 Å². The van der Waals surface area contributed by atoms with E-state index in [1.165, 1.54) is 0 Å². The minimum Gasteiger partial charge on any atom is -0.494 e. The van der Waals surface area contributed by atoms with Gasteiger partial charge < -0.3 is 37.3 Å². The zero-order valence-corrected chi connectivity index (χ0v) is 24.3. The summed E-state index contributed by atoms with van der Waals surface area (Å²) in [5.41, 5.74) is 11.7. The summed E-state index contributed by atoms with van der Waals surface area (Å²) in [6.45, 7) is 4.64. The molecule has 1 saturated heterocycles. The molecule has 4 rings (SSSR count). The van der Waals surface area contributed by atoms with Gasteiger partial charge in [-0.15, -0.1) is 0 Å². The molecule has 0 radical (unpaired) electrons. The largest absolute Gasteiger partial charge is 0.494 e. The number of ether oxygens (including phenoxy) is 1. The van der Waals surface area contributed by atoms with Gasteiger partial charge in [0.05, 0.1) is 31.2 Å². The molecule has 0 unspecified atom stereocenters. The Morgan fingerprint density at radius 1 is 1.14 bits per heavy atom. The first-order valence-electron chi connectivity index (χ1n) is 14.6. The Bertz CT molecular complexity index is 1110. The van der Waals surface area contributed by atoms with Gasteiger partial charge >= 0.3 is 0 Å². The van der Waals surface area contributed by atoms with Gasteiger partial charge in [-0.05, 0) is 55.8 Å². The average Bonchev–Trinajstić information content (AvgIpc) is 3.40. The number of nitrogens with one attached hydrogen (secondary N) is 3. The van der Waals surface area contributed by atoms with Crippen molar-refractivity contribution in [2.45, 2.75) is 89.1 Å². The molecular formula is C29H44N6O7. The summed E-state index contributed by atoms with van der Waals surface area (Å²) in [4.78, 5) is 64.5. The quantitative estimate of drug-likeness (QED) is 0.201. The zero-order chi connectivity index (χ0) is 30.8. The SMILES string of the molecule is CC[C@H](C)[C@H](NC(=O)[C@@H]1CCCN1C[C@@H](O)[C@@H]1Cc2ccc(cc2)OCCCC(=O)N[C@@H](CC(N)=O)C(=O)N1)C(N)=O. The highest BCUT2D eigenvalue weighted by molar-refractivity contribution is 5.92. The van der Waals surface area contributed by atoms with Crippen LogP contribution in [0.4, 0.5) is 0 Å². The van der Waals surface area contributed by atoms with Crippen molar-refractivity contribution in [1.29, 1.82) is 0 Å². The lowest BCUT2D eigenvalue weighted by molar-refractivity contribution is -0.132. The van der Waals surface area contributed by atoms with Crippen molar-refractivity contribution in [3.05, 3.63) is 29.8 Å². The van der Waals surface area contributed by atoms with E-state index in [0.717, 1.165) is 5.56 Å². The van der Waals surface area contributed by atoms with Crippen molar-refractivity contribution in [3.63, 3.8) is 0 Å². The number of amides is 5. The maximum absolute atomic E-state index is 13.3. The number of likely N-dealkylation sites (tertiary alicyclic amines) is 1. The summed E-state index contributed by atoms with van der Waals surface area (Å²) in [5.74, 6) is -2.30. The predicted octanol–water partition coefficient (Wildman–Crippen LogP) is -0.912. The summed E-state index contributed by atoms with van der Waals surface area (Å²) in [7, 11) is 0. The molecular weight excluding hydrogens is 544 g/mol. The molecule has 3 aliphatic rings. The topological polar surface area (TPSA) is 206 Å². The fraction of sp³-hybridized carbons (Fsp3) is 0.621. The Labute approximate surface area is 246 Å². The predicted molar refractivity (Wildman–Crippen MR) is 154 cm³/mol. The molecule has 42 heavy (non-hydrogen) atoms. The van der Waals surface area contributed by atoms with Crippen molar-refractivity contribution in [1.82, 2.24) is 20.9 Å². The Hall–Kier alpha value is -3.71. The number of nitrogens with two attached hydrogens (primary N) is 2. The van der Waals surface area contributed by atoms with Gasteiger partial charge in [0.1, 0.15) is 17.8 Å². The number of rotatable bonds is 10. The van der Waals surface area contributed by atoms with E-state index in [1.54, 1.807) is 12.1 Å². The van der Waals surface area contributed by atoms with Gasteiger partial charge in [-0.2, -0.15) is 0 Å². The van der Waals surface area contributed by atoms with Crippen LogP contribution in [-0.4, -0.2) is 89.5 Å². The maximum atomic E-state index is 13.3. The fourth-order valence-electron chi connectivity index (χ4n) is 5.33. The second-order valence-electron chi connectivity index (χ2n) is 11.2. The number of hydrogen-bond donors (Lipinski definition) is 6.